The van der Waals surface area contributed by atoms with Gasteiger partial charge in [0.25, 0.3) is 0 Å². The quantitative estimate of drug-likeness (QED) is 0.752. The molecule has 1 saturated heterocycles. The Morgan fingerprint density at radius 1 is 1.26 bits per heavy atom. The van der Waals surface area contributed by atoms with Crippen molar-refractivity contribution >= 4 is 15.9 Å². The van der Waals surface area contributed by atoms with Gasteiger partial charge in [-0.2, -0.15) is 0 Å². The molecule has 0 aromatic rings. The van der Waals surface area contributed by atoms with Crippen LogP contribution in [0.3, 0.4) is 0 Å². The number of nitrogens with one attached hydrogen (secondary N) is 1. The van der Waals surface area contributed by atoms with Crippen LogP contribution in [0.2, 0.25) is 0 Å². The maximum absolute atomic E-state index is 12.1. The van der Waals surface area contributed by atoms with Crippen molar-refractivity contribution in [2.45, 2.75) is 50.1 Å². The van der Waals surface area contributed by atoms with Gasteiger partial charge in [-0.05, 0) is 25.7 Å². The Morgan fingerprint density at radius 2 is 1.79 bits per heavy atom. The van der Waals surface area contributed by atoms with Gasteiger partial charge in [-0.1, -0.05) is 12.8 Å². The predicted octanol–water partition coefficient (Wildman–Crippen LogP) is -0.202. The smallest absolute Gasteiger partial charge is 0.240 e. The molecule has 2 rings (SSSR count). The van der Waals surface area contributed by atoms with Crippen molar-refractivity contribution in [3.8, 4) is 0 Å². The van der Waals surface area contributed by atoms with E-state index in [9.17, 15) is 13.2 Å². The summed E-state index contributed by atoms with van der Waals surface area (Å²) in [6.45, 7) is 0.947. The number of hydrogen-bond donors (Lipinski definition) is 2. The molecule has 19 heavy (non-hydrogen) atoms. The van der Waals surface area contributed by atoms with E-state index < -0.39 is 15.6 Å². The zero-order valence-corrected chi connectivity index (χ0v) is 12.2. The summed E-state index contributed by atoms with van der Waals surface area (Å²) in [5, 5.41) is 2.99. The summed E-state index contributed by atoms with van der Waals surface area (Å²) in [5.41, 5.74) is 5.40. The third-order valence-electron chi connectivity index (χ3n) is 4.21. The third kappa shape index (κ3) is 3.46. The fourth-order valence-corrected chi connectivity index (χ4v) is 3.77. The van der Waals surface area contributed by atoms with Crippen LogP contribution in [0.15, 0.2) is 0 Å². The summed E-state index contributed by atoms with van der Waals surface area (Å²) >= 11 is 0. The van der Waals surface area contributed by atoms with E-state index in [1.54, 1.807) is 0 Å². The van der Waals surface area contributed by atoms with E-state index in [0.29, 0.717) is 25.9 Å². The molecule has 0 spiro atoms. The highest BCUT2D eigenvalue weighted by Gasteiger charge is 2.38. The highest BCUT2D eigenvalue weighted by Crippen LogP contribution is 2.27. The van der Waals surface area contributed by atoms with Crippen LogP contribution in [0.5, 0.6) is 0 Å². The van der Waals surface area contributed by atoms with Crippen LogP contribution in [0.4, 0.5) is 0 Å². The van der Waals surface area contributed by atoms with E-state index in [1.807, 2.05) is 0 Å². The van der Waals surface area contributed by atoms with Gasteiger partial charge < -0.3 is 11.1 Å². The zero-order valence-electron chi connectivity index (χ0n) is 11.4. The predicted molar refractivity (Wildman–Crippen MR) is 73.0 cm³/mol. The Balaban J connectivity index is 1.84. The summed E-state index contributed by atoms with van der Waals surface area (Å²) in [6, 6.07) is 0.0477. The van der Waals surface area contributed by atoms with E-state index in [-0.39, 0.29) is 11.9 Å². The van der Waals surface area contributed by atoms with Crippen molar-refractivity contribution in [2.75, 3.05) is 19.3 Å². The molecule has 0 aromatic carbocycles. The molecule has 110 valence electrons. The third-order valence-corrected chi connectivity index (χ3v) is 5.51. The van der Waals surface area contributed by atoms with Crippen LogP contribution in [0.25, 0.3) is 0 Å². The summed E-state index contributed by atoms with van der Waals surface area (Å²) in [5.74, 6) is -0.0668. The van der Waals surface area contributed by atoms with Gasteiger partial charge in [0.1, 0.15) is 0 Å². The Hall–Kier alpha value is -0.660. The number of rotatable bonds is 3. The second kappa shape index (κ2) is 5.38. The molecule has 7 heteroatoms. The van der Waals surface area contributed by atoms with Crippen molar-refractivity contribution in [1.82, 2.24) is 9.62 Å². The number of carbonyl (C=O) groups is 1. The molecule has 1 amide bonds. The van der Waals surface area contributed by atoms with E-state index in [0.717, 1.165) is 25.7 Å². The molecular weight excluding hydrogens is 266 g/mol. The van der Waals surface area contributed by atoms with Crippen molar-refractivity contribution < 1.29 is 13.2 Å². The van der Waals surface area contributed by atoms with E-state index in [1.165, 1.54) is 10.6 Å². The van der Waals surface area contributed by atoms with Gasteiger partial charge in [-0.3, -0.25) is 4.79 Å². The normalized spacial score (nSPS) is 25.4. The van der Waals surface area contributed by atoms with Crippen LogP contribution < -0.4 is 11.1 Å². The molecule has 0 aromatic heterocycles. The largest absolute Gasteiger partial charge is 0.352 e. The summed E-state index contributed by atoms with van der Waals surface area (Å²) in [6.07, 6.45) is 6.07. The fourth-order valence-electron chi connectivity index (χ4n) is 2.89. The SMILES string of the molecule is CS(=O)(=O)N1CCC(NC(=O)C2(N)CCCC2)CC1. The maximum atomic E-state index is 12.1. The molecule has 0 bridgehead atoms. The van der Waals surface area contributed by atoms with Crippen LogP contribution in [-0.4, -0.2) is 49.6 Å². The van der Waals surface area contributed by atoms with Gasteiger partial charge >= 0.3 is 0 Å². The molecule has 2 aliphatic rings. The first-order valence-corrected chi connectivity index (χ1v) is 8.71. The molecule has 1 heterocycles. The fraction of sp³-hybridized carbons (Fsp3) is 0.917. The lowest BCUT2D eigenvalue weighted by atomic mass is 9.96. The zero-order chi connectivity index (χ0) is 14.1. The van der Waals surface area contributed by atoms with Gasteiger partial charge in [-0.25, -0.2) is 12.7 Å². The van der Waals surface area contributed by atoms with Crippen molar-refractivity contribution in [2.24, 2.45) is 5.73 Å². The Kier molecular flexibility index (Phi) is 4.17. The molecule has 3 N–H and O–H groups in total. The molecule has 2 fully saturated rings. The molecule has 1 aliphatic heterocycles. The minimum Gasteiger partial charge on any atom is -0.352 e. The van der Waals surface area contributed by atoms with Gasteiger partial charge in [0.15, 0.2) is 0 Å². The minimum absolute atomic E-state index is 0.0477. The highest BCUT2D eigenvalue weighted by molar-refractivity contribution is 7.88. The van der Waals surface area contributed by atoms with Crippen molar-refractivity contribution in [3.05, 3.63) is 0 Å². The highest BCUT2D eigenvalue weighted by atomic mass is 32.2. The number of sulfonamides is 1. The van der Waals surface area contributed by atoms with Crippen LogP contribution in [0.1, 0.15) is 38.5 Å². The second-order valence-electron chi connectivity index (χ2n) is 5.77. The van der Waals surface area contributed by atoms with Gasteiger partial charge in [0, 0.05) is 19.1 Å². The van der Waals surface area contributed by atoms with Gasteiger partial charge in [-0.15, -0.1) is 0 Å². The average molecular weight is 289 g/mol. The molecular formula is C12H23N3O3S. The molecule has 6 nitrogen and oxygen atoms in total. The second-order valence-corrected chi connectivity index (χ2v) is 7.76. The maximum Gasteiger partial charge on any atom is 0.240 e. The van der Waals surface area contributed by atoms with Crippen molar-refractivity contribution in [3.63, 3.8) is 0 Å². The molecule has 1 aliphatic carbocycles. The number of amides is 1. The van der Waals surface area contributed by atoms with E-state index in [4.69, 9.17) is 5.73 Å². The lowest BCUT2D eigenvalue weighted by Crippen LogP contribution is -2.56. The monoisotopic (exact) mass is 289 g/mol. The van der Waals surface area contributed by atoms with Gasteiger partial charge in [0.2, 0.25) is 15.9 Å². The first-order chi connectivity index (χ1) is 8.81. The first kappa shape index (κ1) is 14.7. The number of carbonyl (C=O) groups excluding carboxylic acids is 1. The minimum atomic E-state index is -3.11. The van der Waals surface area contributed by atoms with Crippen LogP contribution >= 0.6 is 0 Å². The average Bonchev–Trinajstić information content (AvgIpc) is 2.77. The lowest BCUT2D eigenvalue weighted by Gasteiger charge is -2.33. The number of hydrogen-bond acceptors (Lipinski definition) is 4. The molecule has 0 atom stereocenters. The summed E-state index contributed by atoms with van der Waals surface area (Å²) < 4.78 is 24.2. The first-order valence-electron chi connectivity index (χ1n) is 6.86. The summed E-state index contributed by atoms with van der Waals surface area (Å²) in [4.78, 5) is 12.1. The Labute approximate surface area is 114 Å². The van der Waals surface area contributed by atoms with E-state index in [2.05, 4.69) is 5.32 Å². The number of piperidine rings is 1. The standard InChI is InChI=1S/C12H23N3O3S/c1-19(17,18)15-8-4-10(5-9-15)14-11(16)12(13)6-2-3-7-12/h10H,2-9,13H2,1H3,(H,14,16). The van der Waals surface area contributed by atoms with Crippen molar-refractivity contribution in [1.29, 1.82) is 0 Å². The van der Waals surface area contributed by atoms with Gasteiger partial charge in [0.05, 0.1) is 11.8 Å². The van der Waals surface area contributed by atoms with Crippen LogP contribution in [0, 0.1) is 0 Å². The summed E-state index contributed by atoms with van der Waals surface area (Å²) in [7, 11) is -3.11. The molecule has 0 unspecified atom stereocenters. The number of nitrogens with two attached hydrogens (primary N) is 1. The van der Waals surface area contributed by atoms with E-state index >= 15 is 0 Å². The lowest BCUT2D eigenvalue weighted by molar-refractivity contribution is -0.127. The topological polar surface area (TPSA) is 92.5 Å². The number of nitrogens with zero attached hydrogens (tertiary/aromatic N) is 1. The Bertz CT molecular complexity index is 435. The van der Waals surface area contributed by atoms with Crippen LogP contribution in [-0.2, 0) is 14.8 Å². The molecule has 0 radical (unpaired) electrons. The Morgan fingerprint density at radius 3 is 2.26 bits per heavy atom. The molecule has 1 saturated carbocycles.